The molecule has 7 nitrogen and oxygen atoms in total. The summed E-state index contributed by atoms with van der Waals surface area (Å²) in [5, 5.41) is 12.4. The lowest BCUT2D eigenvalue weighted by Crippen LogP contribution is -2.10. The Labute approximate surface area is 211 Å². The van der Waals surface area contributed by atoms with Crippen LogP contribution in [0.4, 0.5) is 10.1 Å². The largest absolute Gasteiger partial charge is 0.352 e. The minimum absolute atomic E-state index is 0.0305. The van der Waals surface area contributed by atoms with E-state index in [-0.39, 0.29) is 11.7 Å². The molecule has 37 heavy (non-hydrogen) atoms. The van der Waals surface area contributed by atoms with Gasteiger partial charge in [0.25, 0.3) is 0 Å². The molecule has 6 rings (SSSR count). The van der Waals surface area contributed by atoms with E-state index in [1.165, 1.54) is 6.07 Å². The zero-order valence-corrected chi connectivity index (χ0v) is 20.0. The lowest BCUT2D eigenvalue weighted by atomic mass is 10.0. The highest BCUT2D eigenvalue weighted by molar-refractivity contribution is 6.01. The van der Waals surface area contributed by atoms with Crippen molar-refractivity contribution in [3.8, 4) is 33.6 Å². The van der Waals surface area contributed by atoms with Crippen LogP contribution in [0.2, 0.25) is 0 Å². The van der Waals surface area contributed by atoms with Crippen LogP contribution in [0.15, 0.2) is 79.4 Å². The van der Waals surface area contributed by atoms with Gasteiger partial charge in [-0.05, 0) is 42.3 Å². The molecular weight excluding hydrogens is 467 g/mol. The first-order valence-corrected chi connectivity index (χ1v) is 12.1. The summed E-state index contributed by atoms with van der Waals surface area (Å²) < 4.78 is 14.6. The Hall–Kier alpha value is -4.85. The standard InChI is InChI=1S/C29H23FN6O/c1-2-5-28(37)33-19-10-18(13-31-14-19)17-8-9-25-22(11-17)29(36-35-25)26-12-21-23(15-32-16-27(21)34-26)20-6-3-4-7-24(20)30/h3-4,6-16,34H,2,5H2,1H3,(H,33,37)(H,35,36). The Balaban J connectivity index is 1.41. The normalized spacial score (nSPS) is 11.3. The summed E-state index contributed by atoms with van der Waals surface area (Å²) in [5.41, 5.74) is 6.91. The molecule has 6 aromatic rings. The maximum absolute atomic E-state index is 14.6. The van der Waals surface area contributed by atoms with Crippen LogP contribution in [0, 0.1) is 5.82 Å². The lowest BCUT2D eigenvalue weighted by molar-refractivity contribution is -0.116. The number of pyridine rings is 2. The molecule has 4 aromatic heterocycles. The topological polar surface area (TPSA) is 99.3 Å². The number of H-pyrrole nitrogens is 2. The number of carbonyl (C=O) groups is 1. The first-order chi connectivity index (χ1) is 18.1. The molecule has 4 heterocycles. The predicted molar refractivity (Wildman–Crippen MR) is 143 cm³/mol. The van der Waals surface area contributed by atoms with E-state index in [1.807, 2.05) is 43.3 Å². The fraction of sp³-hybridized carbons (Fsp3) is 0.103. The van der Waals surface area contributed by atoms with Gasteiger partial charge in [0.1, 0.15) is 11.5 Å². The average Bonchev–Trinajstić information content (AvgIpc) is 3.53. The molecule has 0 unspecified atom stereocenters. The minimum Gasteiger partial charge on any atom is -0.352 e. The van der Waals surface area contributed by atoms with Gasteiger partial charge in [-0.25, -0.2) is 4.39 Å². The lowest BCUT2D eigenvalue weighted by Gasteiger charge is -2.07. The summed E-state index contributed by atoms with van der Waals surface area (Å²) in [6, 6.07) is 16.6. The highest BCUT2D eigenvalue weighted by atomic mass is 19.1. The number of hydrogen-bond donors (Lipinski definition) is 3. The molecule has 0 atom stereocenters. The van der Waals surface area contributed by atoms with Gasteiger partial charge in [-0.2, -0.15) is 5.10 Å². The number of rotatable bonds is 6. The van der Waals surface area contributed by atoms with Crippen molar-refractivity contribution in [1.29, 1.82) is 0 Å². The Morgan fingerprint density at radius 1 is 0.892 bits per heavy atom. The number of aromatic nitrogens is 5. The van der Waals surface area contributed by atoms with Crippen molar-refractivity contribution in [2.24, 2.45) is 0 Å². The molecule has 8 heteroatoms. The highest BCUT2D eigenvalue weighted by Gasteiger charge is 2.16. The van der Waals surface area contributed by atoms with E-state index >= 15 is 0 Å². The number of aromatic amines is 2. The average molecular weight is 491 g/mol. The first-order valence-electron chi connectivity index (χ1n) is 12.1. The van der Waals surface area contributed by atoms with E-state index < -0.39 is 0 Å². The molecule has 0 saturated carbocycles. The molecule has 0 aliphatic heterocycles. The van der Waals surface area contributed by atoms with Crippen molar-refractivity contribution < 1.29 is 9.18 Å². The molecule has 0 fully saturated rings. The number of benzene rings is 2. The fourth-order valence-corrected chi connectivity index (χ4v) is 4.59. The Morgan fingerprint density at radius 2 is 1.76 bits per heavy atom. The number of hydrogen-bond acceptors (Lipinski definition) is 4. The maximum atomic E-state index is 14.6. The summed E-state index contributed by atoms with van der Waals surface area (Å²) >= 11 is 0. The summed E-state index contributed by atoms with van der Waals surface area (Å²) in [7, 11) is 0. The Morgan fingerprint density at radius 3 is 2.62 bits per heavy atom. The maximum Gasteiger partial charge on any atom is 0.224 e. The quantitative estimate of drug-likeness (QED) is 0.241. The van der Waals surface area contributed by atoms with Gasteiger partial charge < -0.3 is 10.3 Å². The summed E-state index contributed by atoms with van der Waals surface area (Å²) in [4.78, 5) is 24.1. The Bertz CT molecular complexity index is 1770. The second kappa shape index (κ2) is 9.31. The summed E-state index contributed by atoms with van der Waals surface area (Å²) in [6.07, 6.45) is 8.07. The predicted octanol–water partition coefficient (Wildman–Crippen LogP) is 6.71. The molecule has 1 amide bonds. The van der Waals surface area contributed by atoms with Gasteiger partial charge in [0.2, 0.25) is 5.91 Å². The number of halogens is 1. The third-order valence-electron chi connectivity index (χ3n) is 6.36. The van der Waals surface area contributed by atoms with Crippen molar-refractivity contribution in [1.82, 2.24) is 25.1 Å². The van der Waals surface area contributed by atoms with Gasteiger partial charge in [-0.15, -0.1) is 0 Å². The monoisotopic (exact) mass is 490 g/mol. The van der Waals surface area contributed by atoms with Gasteiger partial charge in [0.05, 0.1) is 34.8 Å². The third-order valence-corrected chi connectivity index (χ3v) is 6.36. The number of nitrogens with zero attached hydrogens (tertiary/aromatic N) is 3. The van der Waals surface area contributed by atoms with Gasteiger partial charge in [0, 0.05) is 46.3 Å². The molecule has 0 aliphatic rings. The van der Waals surface area contributed by atoms with Crippen LogP contribution in [0.1, 0.15) is 19.8 Å². The van der Waals surface area contributed by atoms with Crippen molar-refractivity contribution in [3.63, 3.8) is 0 Å². The van der Waals surface area contributed by atoms with E-state index in [9.17, 15) is 9.18 Å². The number of fused-ring (bicyclic) bond motifs is 2. The van der Waals surface area contributed by atoms with Gasteiger partial charge in [-0.3, -0.25) is 19.9 Å². The van der Waals surface area contributed by atoms with Crippen LogP contribution in [0.25, 0.3) is 55.4 Å². The SMILES string of the molecule is CCCC(=O)Nc1cncc(-c2ccc3[nH]nc(-c4cc5c(-c6ccccc6F)cncc5[nH]4)c3c2)c1. The molecule has 182 valence electrons. The molecule has 0 saturated heterocycles. The third kappa shape index (κ3) is 4.23. The van der Waals surface area contributed by atoms with Gasteiger partial charge in [-0.1, -0.05) is 31.2 Å². The molecule has 2 aromatic carbocycles. The zero-order valence-electron chi connectivity index (χ0n) is 20.0. The van der Waals surface area contributed by atoms with E-state index in [2.05, 4.69) is 30.5 Å². The number of anilines is 1. The van der Waals surface area contributed by atoms with Crippen LogP contribution in [-0.2, 0) is 4.79 Å². The van der Waals surface area contributed by atoms with E-state index in [0.29, 0.717) is 23.2 Å². The summed E-state index contributed by atoms with van der Waals surface area (Å²) in [6.45, 7) is 1.97. The Kier molecular flexibility index (Phi) is 5.69. The van der Waals surface area contributed by atoms with Crippen molar-refractivity contribution in [2.75, 3.05) is 5.32 Å². The molecule has 0 spiro atoms. The highest BCUT2D eigenvalue weighted by Crippen LogP contribution is 2.35. The van der Waals surface area contributed by atoms with Crippen molar-refractivity contribution >= 4 is 33.4 Å². The number of amides is 1. The number of nitrogens with one attached hydrogen (secondary N) is 3. The van der Waals surface area contributed by atoms with Crippen molar-refractivity contribution in [3.05, 3.63) is 85.2 Å². The van der Waals surface area contributed by atoms with Gasteiger partial charge in [0.15, 0.2) is 0 Å². The molecule has 0 bridgehead atoms. The molecular formula is C29H23FN6O. The second-order valence-electron chi connectivity index (χ2n) is 8.90. The molecule has 0 radical (unpaired) electrons. The summed E-state index contributed by atoms with van der Waals surface area (Å²) in [5.74, 6) is -0.326. The molecule has 0 aliphatic carbocycles. The smallest absolute Gasteiger partial charge is 0.224 e. The van der Waals surface area contributed by atoms with Gasteiger partial charge >= 0.3 is 0 Å². The van der Waals surface area contributed by atoms with Crippen LogP contribution in [-0.4, -0.2) is 31.1 Å². The fourth-order valence-electron chi connectivity index (χ4n) is 4.59. The second-order valence-corrected chi connectivity index (χ2v) is 8.90. The van der Waals surface area contributed by atoms with E-state index in [4.69, 9.17) is 0 Å². The van der Waals surface area contributed by atoms with E-state index in [0.717, 1.165) is 50.7 Å². The molecule has 3 N–H and O–H groups in total. The van der Waals surface area contributed by atoms with E-state index in [1.54, 1.807) is 36.9 Å². The van der Waals surface area contributed by atoms with Crippen LogP contribution in [0.3, 0.4) is 0 Å². The van der Waals surface area contributed by atoms with Crippen LogP contribution < -0.4 is 5.32 Å². The van der Waals surface area contributed by atoms with Crippen molar-refractivity contribution in [2.45, 2.75) is 19.8 Å². The van der Waals surface area contributed by atoms with Crippen LogP contribution >= 0.6 is 0 Å². The van der Waals surface area contributed by atoms with Crippen LogP contribution in [0.5, 0.6) is 0 Å². The zero-order chi connectivity index (χ0) is 25.4. The minimum atomic E-state index is -0.295. The first kappa shape index (κ1) is 22.6. The number of carbonyl (C=O) groups excluding carboxylic acids is 1.